The lowest BCUT2D eigenvalue weighted by Gasteiger charge is -2.05. The average molecular weight is 232 g/mol. The summed E-state index contributed by atoms with van der Waals surface area (Å²) in [4.78, 5) is 0. The normalized spacial score (nSPS) is 13.1. The van der Waals surface area contributed by atoms with Gasteiger partial charge in [0.1, 0.15) is 0 Å². The van der Waals surface area contributed by atoms with E-state index in [1.807, 2.05) is 24.7 Å². The van der Waals surface area contributed by atoms with Crippen LogP contribution in [0.25, 0.3) is 10.9 Å². The van der Waals surface area contributed by atoms with Crippen molar-refractivity contribution in [3.05, 3.63) is 30.0 Å². The molecule has 0 saturated carbocycles. The van der Waals surface area contributed by atoms with Crippen LogP contribution in [0.1, 0.15) is 31.9 Å². The Labute approximate surface area is 102 Å². The summed E-state index contributed by atoms with van der Waals surface area (Å²) < 4.78 is 1.93. The SMILES string of the molecule is CCC(O)CCCc1nn(C)c2ccccc12. The van der Waals surface area contributed by atoms with Gasteiger partial charge in [0.2, 0.25) is 0 Å². The number of hydrogen-bond donors (Lipinski definition) is 1. The smallest absolute Gasteiger partial charge is 0.0703 e. The van der Waals surface area contributed by atoms with E-state index in [0.29, 0.717) is 0 Å². The summed E-state index contributed by atoms with van der Waals surface area (Å²) in [6.45, 7) is 2.01. The van der Waals surface area contributed by atoms with E-state index in [1.165, 1.54) is 10.9 Å². The standard InChI is InChI=1S/C14H20N2O/c1-3-11(17)7-6-9-13-12-8-4-5-10-14(12)16(2)15-13/h4-5,8,10-11,17H,3,6-7,9H2,1-2H3. The first-order valence-corrected chi connectivity index (χ1v) is 6.31. The van der Waals surface area contributed by atoms with Gasteiger partial charge in [-0.3, -0.25) is 4.68 Å². The molecule has 0 bridgehead atoms. The van der Waals surface area contributed by atoms with Gasteiger partial charge in [-0.1, -0.05) is 25.1 Å². The molecule has 1 aromatic carbocycles. The molecule has 0 radical (unpaired) electrons. The Bertz CT molecular complexity index is 490. The number of aliphatic hydroxyl groups is 1. The fourth-order valence-electron chi connectivity index (χ4n) is 2.18. The van der Waals surface area contributed by atoms with Crippen LogP contribution in [0.4, 0.5) is 0 Å². The highest BCUT2D eigenvalue weighted by Crippen LogP contribution is 2.19. The summed E-state index contributed by atoms with van der Waals surface area (Å²) >= 11 is 0. The lowest BCUT2D eigenvalue weighted by molar-refractivity contribution is 0.157. The van der Waals surface area contributed by atoms with E-state index in [2.05, 4.69) is 23.3 Å². The third kappa shape index (κ3) is 2.67. The summed E-state index contributed by atoms with van der Waals surface area (Å²) in [5.41, 5.74) is 2.32. The highest BCUT2D eigenvalue weighted by molar-refractivity contribution is 5.81. The van der Waals surface area contributed by atoms with E-state index in [0.717, 1.165) is 31.4 Å². The Morgan fingerprint density at radius 1 is 1.35 bits per heavy atom. The van der Waals surface area contributed by atoms with Gasteiger partial charge in [-0.2, -0.15) is 5.10 Å². The van der Waals surface area contributed by atoms with Crippen molar-refractivity contribution in [2.45, 2.75) is 38.7 Å². The second kappa shape index (κ2) is 5.32. The van der Waals surface area contributed by atoms with E-state index in [1.54, 1.807) is 0 Å². The predicted octanol–water partition coefficient (Wildman–Crippen LogP) is 2.67. The molecule has 0 saturated heterocycles. The third-order valence-electron chi connectivity index (χ3n) is 3.26. The molecular weight excluding hydrogens is 212 g/mol. The first-order valence-electron chi connectivity index (χ1n) is 6.31. The number of aryl methyl sites for hydroxylation is 2. The van der Waals surface area contributed by atoms with Crippen molar-refractivity contribution in [1.82, 2.24) is 9.78 Å². The molecule has 1 N–H and O–H groups in total. The number of rotatable bonds is 5. The zero-order valence-corrected chi connectivity index (χ0v) is 10.6. The van der Waals surface area contributed by atoms with Crippen LogP contribution in [0, 0.1) is 0 Å². The zero-order chi connectivity index (χ0) is 12.3. The molecule has 0 amide bonds. The number of para-hydroxylation sites is 1. The number of benzene rings is 1. The van der Waals surface area contributed by atoms with Gasteiger partial charge in [0, 0.05) is 12.4 Å². The minimum Gasteiger partial charge on any atom is -0.393 e. The molecule has 0 aliphatic carbocycles. The van der Waals surface area contributed by atoms with Crippen molar-refractivity contribution in [3.8, 4) is 0 Å². The molecule has 0 spiro atoms. The molecule has 1 atom stereocenters. The summed E-state index contributed by atoms with van der Waals surface area (Å²) in [5, 5.41) is 15.3. The summed E-state index contributed by atoms with van der Waals surface area (Å²) in [5.74, 6) is 0. The van der Waals surface area contributed by atoms with Crippen LogP contribution < -0.4 is 0 Å². The summed E-state index contributed by atoms with van der Waals surface area (Å²) in [7, 11) is 1.98. The number of nitrogens with zero attached hydrogens (tertiary/aromatic N) is 2. The molecule has 2 aromatic rings. The molecule has 3 nitrogen and oxygen atoms in total. The van der Waals surface area contributed by atoms with Crippen LogP contribution in [-0.2, 0) is 13.5 Å². The van der Waals surface area contributed by atoms with Gasteiger partial charge in [0.05, 0.1) is 17.3 Å². The number of hydrogen-bond acceptors (Lipinski definition) is 2. The minimum absolute atomic E-state index is 0.162. The topological polar surface area (TPSA) is 38.1 Å². The molecule has 1 heterocycles. The number of fused-ring (bicyclic) bond motifs is 1. The van der Waals surface area contributed by atoms with Crippen molar-refractivity contribution in [2.24, 2.45) is 7.05 Å². The quantitative estimate of drug-likeness (QED) is 0.860. The molecular formula is C14H20N2O. The second-order valence-electron chi connectivity index (χ2n) is 4.54. The van der Waals surface area contributed by atoms with Gasteiger partial charge in [-0.25, -0.2) is 0 Å². The average Bonchev–Trinajstić information content (AvgIpc) is 2.67. The zero-order valence-electron chi connectivity index (χ0n) is 10.6. The van der Waals surface area contributed by atoms with Crippen molar-refractivity contribution >= 4 is 10.9 Å². The highest BCUT2D eigenvalue weighted by Gasteiger charge is 2.08. The van der Waals surface area contributed by atoms with Crippen molar-refractivity contribution < 1.29 is 5.11 Å². The van der Waals surface area contributed by atoms with Gasteiger partial charge >= 0.3 is 0 Å². The van der Waals surface area contributed by atoms with Gasteiger partial charge in [0.15, 0.2) is 0 Å². The van der Waals surface area contributed by atoms with Crippen LogP contribution >= 0.6 is 0 Å². The largest absolute Gasteiger partial charge is 0.393 e. The Morgan fingerprint density at radius 3 is 2.88 bits per heavy atom. The molecule has 0 aliphatic heterocycles. The van der Waals surface area contributed by atoms with Crippen molar-refractivity contribution in [1.29, 1.82) is 0 Å². The maximum atomic E-state index is 9.53. The first kappa shape index (κ1) is 12.1. The molecule has 1 aromatic heterocycles. The minimum atomic E-state index is -0.162. The second-order valence-corrected chi connectivity index (χ2v) is 4.54. The monoisotopic (exact) mass is 232 g/mol. The van der Waals surface area contributed by atoms with Crippen LogP contribution in [0.15, 0.2) is 24.3 Å². The van der Waals surface area contributed by atoms with Crippen LogP contribution in [-0.4, -0.2) is 21.0 Å². The van der Waals surface area contributed by atoms with Gasteiger partial charge in [0.25, 0.3) is 0 Å². The molecule has 17 heavy (non-hydrogen) atoms. The highest BCUT2D eigenvalue weighted by atomic mass is 16.3. The number of aromatic nitrogens is 2. The molecule has 0 fully saturated rings. The van der Waals surface area contributed by atoms with E-state index in [4.69, 9.17) is 0 Å². The molecule has 1 unspecified atom stereocenters. The molecule has 92 valence electrons. The van der Waals surface area contributed by atoms with Crippen molar-refractivity contribution in [3.63, 3.8) is 0 Å². The van der Waals surface area contributed by atoms with Crippen LogP contribution in [0.2, 0.25) is 0 Å². The molecule has 0 aliphatic rings. The van der Waals surface area contributed by atoms with Gasteiger partial charge < -0.3 is 5.11 Å². The van der Waals surface area contributed by atoms with Gasteiger partial charge in [-0.15, -0.1) is 0 Å². The van der Waals surface area contributed by atoms with Crippen molar-refractivity contribution in [2.75, 3.05) is 0 Å². The Hall–Kier alpha value is -1.35. The van der Waals surface area contributed by atoms with E-state index in [-0.39, 0.29) is 6.10 Å². The summed E-state index contributed by atoms with van der Waals surface area (Å²) in [6, 6.07) is 8.30. The third-order valence-corrected chi connectivity index (χ3v) is 3.26. The molecule has 3 heteroatoms. The number of aliphatic hydroxyl groups excluding tert-OH is 1. The fraction of sp³-hybridized carbons (Fsp3) is 0.500. The fourth-order valence-corrected chi connectivity index (χ4v) is 2.18. The van der Waals surface area contributed by atoms with Gasteiger partial charge in [-0.05, 0) is 31.7 Å². The maximum absolute atomic E-state index is 9.53. The molecule has 2 rings (SSSR count). The van der Waals surface area contributed by atoms with E-state index >= 15 is 0 Å². The summed E-state index contributed by atoms with van der Waals surface area (Å²) in [6.07, 6.45) is 3.48. The van der Waals surface area contributed by atoms with E-state index in [9.17, 15) is 5.11 Å². The Balaban J connectivity index is 2.09. The maximum Gasteiger partial charge on any atom is 0.0703 e. The van der Waals surface area contributed by atoms with Crippen LogP contribution in [0.5, 0.6) is 0 Å². The van der Waals surface area contributed by atoms with Crippen LogP contribution in [0.3, 0.4) is 0 Å². The lowest BCUT2D eigenvalue weighted by atomic mass is 10.1. The van der Waals surface area contributed by atoms with E-state index < -0.39 is 0 Å². The predicted molar refractivity (Wildman–Crippen MR) is 69.9 cm³/mol. The Morgan fingerprint density at radius 2 is 2.12 bits per heavy atom. The first-order chi connectivity index (χ1) is 8.22. The Kier molecular flexibility index (Phi) is 3.79. The lowest BCUT2D eigenvalue weighted by Crippen LogP contribution is -2.04.